The summed E-state index contributed by atoms with van der Waals surface area (Å²) in [6, 6.07) is 25.1. The maximum atomic E-state index is 13.3. The minimum Gasteiger partial charge on any atom is -0.497 e. The summed E-state index contributed by atoms with van der Waals surface area (Å²) in [6.45, 7) is 2.87. The molecule has 2 amide bonds. The highest BCUT2D eigenvalue weighted by atomic mass is 16.5. The Kier molecular flexibility index (Phi) is 10.3. The molecule has 0 fully saturated rings. The number of ether oxygens (including phenoxy) is 1. The van der Waals surface area contributed by atoms with Gasteiger partial charge in [0.2, 0.25) is 0 Å². The summed E-state index contributed by atoms with van der Waals surface area (Å²) in [5.74, 6) is 0.710. The number of methoxy groups -OCH3 is 1. The number of aromatic nitrogens is 1. The van der Waals surface area contributed by atoms with Crippen LogP contribution in [0.15, 0.2) is 89.5 Å². The molecule has 2 atom stereocenters. The van der Waals surface area contributed by atoms with E-state index in [1.807, 2.05) is 61.5 Å². The highest BCUT2D eigenvalue weighted by Crippen LogP contribution is 2.14. The van der Waals surface area contributed by atoms with Gasteiger partial charge in [0, 0.05) is 37.3 Å². The van der Waals surface area contributed by atoms with Gasteiger partial charge < -0.3 is 29.9 Å². The van der Waals surface area contributed by atoms with E-state index in [1.165, 1.54) is 4.90 Å². The average Bonchev–Trinajstić information content (AvgIpc) is 3.41. The molecule has 4 aromatic rings. The van der Waals surface area contributed by atoms with Gasteiger partial charge in [0.15, 0.2) is 5.76 Å². The van der Waals surface area contributed by atoms with E-state index in [9.17, 15) is 14.7 Å². The fourth-order valence-corrected chi connectivity index (χ4v) is 4.50. The molecule has 3 aromatic carbocycles. The monoisotopic (exact) mass is 556 g/mol. The van der Waals surface area contributed by atoms with E-state index in [2.05, 4.69) is 15.8 Å². The summed E-state index contributed by atoms with van der Waals surface area (Å²) in [6.07, 6.45) is -0.432. The van der Waals surface area contributed by atoms with Gasteiger partial charge in [0.05, 0.1) is 31.5 Å². The molecule has 2 unspecified atom stereocenters. The molecule has 3 N–H and O–H groups in total. The van der Waals surface area contributed by atoms with Crippen molar-refractivity contribution in [2.75, 3.05) is 20.7 Å². The summed E-state index contributed by atoms with van der Waals surface area (Å²) in [5.41, 5.74) is 3.44. The van der Waals surface area contributed by atoms with Gasteiger partial charge in [0.25, 0.3) is 11.8 Å². The van der Waals surface area contributed by atoms with Crippen LogP contribution in [-0.2, 0) is 19.5 Å². The van der Waals surface area contributed by atoms with Crippen LogP contribution in [0.5, 0.6) is 5.75 Å². The lowest BCUT2D eigenvalue weighted by molar-refractivity contribution is 0.0772. The second-order valence-electron chi connectivity index (χ2n) is 10.00. The highest BCUT2D eigenvalue weighted by molar-refractivity contribution is 5.99. The number of aliphatic hydroxyl groups is 1. The maximum absolute atomic E-state index is 13.3. The Balaban J connectivity index is 1.42. The summed E-state index contributed by atoms with van der Waals surface area (Å²) >= 11 is 0. The van der Waals surface area contributed by atoms with Gasteiger partial charge in [-0.3, -0.25) is 9.59 Å². The number of carbonyl (C=O) groups excluding carboxylic acids is 2. The van der Waals surface area contributed by atoms with Crippen molar-refractivity contribution in [1.82, 2.24) is 20.7 Å². The quantitative estimate of drug-likeness (QED) is 0.230. The van der Waals surface area contributed by atoms with Crippen LogP contribution in [0.25, 0.3) is 0 Å². The van der Waals surface area contributed by atoms with Crippen LogP contribution in [0.3, 0.4) is 0 Å². The second-order valence-corrected chi connectivity index (χ2v) is 10.00. The van der Waals surface area contributed by atoms with Crippen LogP contribution in [0.4, 0.5) is 0 Å². The smallest absolute Gasteiger partial charge is 0.254 e. The highest BCUT2D eigenvalue weighted by Gasteiger charge is 2.23. The Morgan fingerprint density at radius 3 is 2.44 bits per heavy atom. The number of carbonyl (C=O) groups is 2. The summed E-state index contributed by atoms with van der Waals surface area (Å²) in [4.78, 5) is 27.9. The summed E-state index contributed by atoms with van der Waals surface area (Å²) < 4.78 is 10.5. The zero-order valence-electron chi connectivity index (χ0n) is 23.5. The normalized spacial score (nSPS) is 12.4. The van der Waals surface area contributed by atoms with E-state index in [0.717, 1.165) is 22.6 Å². The van der Waals surface area contributed by atoms with Crippen molar-refractivity contribution >= 4 is 11.8 Å². The molecule has 0 aliphatic rings. The number of rotatable bonds is 13. The number of hydrogen-bond acceptors (Lipinski definition) is 7. The van der Waals surface area contributed by atoms with E-state index in [0.29, 0.717) is 29.9 Å². The molecule has 0 radical (unpaired) electrons. The first-order chi connectivity index (χ1) is 19.8. The SMILES string of the molecule is COc1cccc(CNCC(O)C(Cc2ccccc2)NC(=O)c2cccc(C(=O)N(C)Cc3cc(C)no3)c2)c1. The molecule has 0 bridgehead atoms. The Bertz CT molecular complexity index is 1440. The first kappa shape index (κ1) is 29.5. The van der Waals surface area contributed by atoms with Gasteiger partial charge in [-0.25, -0.2) is 0 Å². The number of hydrogen-bond donors (Lipinski definition) is 3. The van der Waals surface area contributed by atoms with E-state index in [-0.39, 0.29) is 24.9 Å². The largest absolute Gasteiger partial charge is 0.497 e. The van der Waals surface area contributed by atoms with E-state index in [4.69, 9.17) is 9.26 Å². The minimum atomic E-state index is -0.869. The lowest BCUT2D eigenvalue weighted by Gasteiger charge is -2.25. The molecule has 1 aromatic heterocycles. The zero-order valence-corrected chi connectivity index (χ0v) is 23.5. The number of aryl methyl sites for hydroxylation is 1. The number of nitrogens with zero attached hydrogens (tertiary/aromatic N) is 2. The van der Waals surface area contributed by atoms with Gasteiger partial charge in [0.1, 0.15) is 5.75 Å². The molecule has 0 aliphatic carbocycles. The van der Waals surface area contributed by atoms with Crippen molar-refractivity contribution in [2.24, 2.45) is 0 Å². The van der Waals surface area contributed by atoms with E-state index < -0.39 is 12.1 Å². The topological polar surface area (TPSA) is 117 Å². The van der Waals surface area contributed by atoms with Crippen LogP contribution in [-0.4, -0.2) is 59.8 Å². The Morgan fingerprint density at radius 2 is 1.71 bits per heavy atom. The van der Waals surface area contributed by atoms with E-state index in [1.54, 1.807) is 44.5 Å². The second kappa shape index (κ2) is 14.2. The third-order valence-corrected chi connectivity index (χ3v) is 6.68. The molecular weight excluding hydrogens is 520 g/mol. The van der Waals surface area contributed by atoms with Crippen molar-refractivity contribution in [1.29, 1.82) is 0 Å². The van der Waals surface area contributed by atoms with Gasteiger partial charge in [-0.05, 0) is 54.8 Å². The summed E-state index contributed by atoms with van der Waals surface area (Å²) in [7, 11) is 3.29. The first-order valence-electron chi connectivity index (χ1n) is 13.5. The minimum absolute atomic E-state index is 0.253. The molecule has 1 heterocycles. The van der Waals surface area contributed by atoms with Crippen LogP contribution in [0.1, 0.15) is 43.3 Å². The molecule has 214 valence electrons. The number of aliphatic hydroxyl groups excluding tert-OH is 1. The standard InChI is InChI=1S/C32H36N4O5/c1-22-15-28(41-35-22)21-36(2)32(39)26-13-8-12-25(18-26)31(38)34-29(17-23-9-5-4-6-10-23)30(37)20-33-19-24-11-7-14-27(16-24)40-3/h4-16,18,29-30,33,37H,17,19-21H2,1-3H3,(H,34,38). The molecule has 9 heteroatoms. The fourth-order valence-electron chi connectivity index (χ4n) is 4.50. The van der Waals surface area contributed by atoms with Crippen molar-refractivity contribution in [3.63, 3.8) is 0 Å². The van der Waals surface area contributed by atoms with Crippen LogP contribution >= 0.6 is 0 Å². The van der Waals surface area contributed by atoms with Crippen molar-refractivity contribution in [3.05, 3.63) is 119 Å². The van der Waals surface area contributed by atoms with Gasteiger partial charge in [-0.2, -0.15) is 0 Å². The first-order valence-corrected chi connectivity index (χ1v) is 13.5. The van der Waals surface area contributed by atoms with Gasteiger partial charge in [-0.1, -0.05) is 53.7 Å². The lowest BCUT2D eigenvalue weighted by atomic mass is 10.00. The number of amides is 2. The van der Waals surface area contributed by atoms with Gasteiger partial charge >= 0.3 is 0 Å². The van der Waals surface area contributed by atoms with E-state index >= 15 is 0 Å². The lowest BCUT2D eigenvalue weighted by Crippen LogP contribution is -2.48. The Labute approximate surface area is 240 Å². The van der Waals surface area contributed by atoms with Crippen LogP contribution < -0.4 is 15.4 Å². The predicted octanol–water partition coefficient (Wildman–Crippen LogP) is 3.76. The molecule has 4 rings (SSSR count). The molecule has 0 spiro atoms. The molecule has 0 saturated heterocycles. The van der Waals surface area contributed by atoms with Crippen molar-refractivity contribution in [2.45, 2.75) is 38.6 Å². The molecule has 41 heavy (non-hydrogen) atoms. The van der Waals surface area contributed by atoms with Crippen molar-refractivity contribution in [3.8, 4) is 5.75 Å². The van der Waals surface area contributed by atoms with Crippen LogP contribution in [0, 0.1) is 6.92 Å². The fraction of sp³-hybridized carbons (Fsp3) is 0.281. The molecular formula is C32H36N4O5. The molecule has 9 nitrogen and oxygen atoms in total. The number of nitrogens with one attached hydrogen (secondary N) is 2. The molecule has 0 aliphatic heterocycles. The maximum Gasteiger partial charge on any atom is 0.254 e. The Hall–Kier alpha value is -4.47. The zero-order chi connectivity index (χ0) is 29.2. The molecule has 0 saturated carbocycles. The third-order valence-electron chi connectivity index (χ3n) is 6.68. The van der Waals surface area contributed by atoms with Crippen LogP contribution in [0.2, 0.25) is 0 Å². The number of benzene rings is 3. The van der Waals surface area contributed by atoms with Crippen molar-refractivity contribution < 1.29 is 24.0 Å². The van der Waals surface area contributed by atoms with Gasteiger partial charge in [-0.15, -0.1) is 0 Å². The third kappa shape index (κ3) is 8.51. The predicted molar refractivity (Wildman–Crippen MR) is 156 cm³/mol. The summed E-state index contributed by atoms with van der Waals surface area (Å²) in [5, 5.41) is 21.2. The average molecular weight is 557 g/mol. The Morgan fingerprint density at radius 1 is 0.976 bits per heavy atom.